The standard InChI is InChI=1S/C18H17NO6/c1-8-10(20)7-9(11-3-2-6-24-11)19-15(8)18-5-4-12(25-18)13(17(22)23)14(18)16(19)21/h2-6,8-9,12-15H,7H2,1H3,(H,22,23)/t8-,9+,12-,13-,14-,15+,18-/m0/s1. The number of rotatable bonds is 2. The summed E-state index contributed by atoms with van der Waals surface area (Å²) < 4.78 is 11.5. The van der Waals surface area contributed by atoms with Gasteiger partial charge in [0.1, 0.15) is 23.1 Å². The van der Waals surface area contributed by atoms with E-state index in [2.05, 4.69) is 0 Å². The number of ketones is 1. The van der Waals surface area contributed by atoms with E-state index in [4.69, 9.17) is 9.15 Å². The molecule has 0 aromatic carbocycles. The molecule has 0 unspecified atom stereocenters. The number of carbonyl (C=O) groups excluding carboxylic acids is 2. The molecule has 0 saturated carbocycles. The van der Waals surface area contributed by atoms with Crippen molar-refractivity contribution in [1.29, 1.82) is 0 Å². The number of carboxylic acids is 1. The number of Topliss-reactive ketones (excluding diaryl/α,β-unsaturated/α-hetero) is 1. The van der Waals surface area contributed by atoms with Crippen molar-refractivity contribution in [2.75, 3.05) is 0 Å². The molecular weight excluding hydrogens is 326 g/mol. The highest BCUT2D eigenvalue weighted by Crippen LogP contribution is 2.59. The van der Waals surface area contributed by atoms with Gasteiger partial charge in [-0.05, 0) is 12.1 Å². The van der Waals surface area contributed by atoms with Gasteiger partial charge in [-0.1, -0.05) is 19.1 Å². The number of carboxylic acid groups (broad SMARTS) is 1. The van der Waals surface area contributed by atoms with Crippen LogP contribution in [0.5, 0.6) is 0 Å². The Balaban J connectivity index is 1.67. The highest BCUT2D eigenvalue weighted by Gasteiger charge is 2.74. The van der Waals surface area contributed by atoms with Crippen molar-refractivity contribution in [3.8, 4) is 0 Å². The van der Waals surface area contributed by atoms with Gasteiger partial charge in [-0.15, -0.1) is 0 Å². The molecule has 0 aliphatic carbocycles. The summed E-state index contributed by atoms with van der Waals surface area (Å²) in [6.45, 7) is 1.79. The maximum absolute atomic E-state index is 13.3. The predicted molar refractivity (Wildman–Crippen MR) is 82.2 cm³/mol. The second-order valence-electron chi connectivity index (χ2n) is 7.32. The summed E-state index contributed by atoms with van der Waals surface area (Å²) in [6, 6.07) is 2.44. The van der Waals surface area contributed by atoms with Crippen molar-refractivity contribution in [3.63, 3.8) is 0 Å². The van der Waals surface area contributed by atoms with Crippen molar-refractivity contribution in [1.82, 2.24) is 4.90 Å². The van der Waals surface area contributed by atoms with E-state index in [9.17, 15) is 19.5 Å². The molecule has 7 heteroatoms. The van der Waals surface area contributed by atoms with Crippen LogP contribution in [0, 0.1) is 17.8 Å². The largest absolute Gasteiger partial charge is 0.481 e. The van der Waals surface area contributed by atoms with E-state index in [0.717, 1.165) is 0 Å². The average molecular weight is 343 g/mol. The highest BCUT2D eigenvalue weighted by molar-refractivity contribution is 5.95. The molecule has 1 spiro atoms. The predicted octanol–water partition coefficient (Wildman–Crippen LogP) is 1.16. The molecule has 1 amide bonds. The molecule has 1 aromatic heterocycles. The Kier molecular flexibility index (Phi) is 2.74. The minimum atomic E-state index is -1.04. The molecule has 3 saturated heterocycles. The van der Waals surface area contributed by atoms with Crippen molar-refractivity contribution in [3.05, 3.63) is 36.3 Å². The number of hydrogen-bond acceptors (Lipinski definition) is 5. The summed E-state index contributed by atoms with van der Waals surface area (Å²) in [6.07, 6.45) is 4.59. The van der Waals surface area contributed by atoms with Gasteiger partial charge in [-0.2, -0.15) is 0 Å². The van der Waals surface area contributed by atoms with Crippen molar-refractivity contribution >= 4 is 17.7 Å². The van der Waals surface area contributed by atoms with Crippen LogP contribution in [0.4, 0.5) is 0 Å². The Morgan fingerprint density at radius 3 is 2.88 bits per heavy atom. The maximum Gasteiger partial charge on any atom is 0.310 e. The zero-order valence-electron chi connectivity index (χ0n) is 13.5. The number of fused-ring (bicyclic) bond motifs is 2. The lowest BCUT2D eigenvalue weighted by molar-refractivity contribution is -0.152. The van der Waals surface area contributed by atoms with E-state index in [-0.39, 0.29) is 18.1 Å². The lowest BCUT2D eigenvalue weighted by Gasteiger charge is -2.43. The van der Waals surface area contributed by atoms with Crippen LogP contribution in [-0.4, -0.2) is 45.4 Å². The van der Waals surface area contributed by atoms with Gasteiger partial charge in [0.2, 0.25) is 5.91 Å². The van der Waals surface area contributed by atoms with Gasteiger partial charge < -0.3 is 19.2 Å². The van der Waals surface area contributed by atoms with Crippen LogP contribution < -0.4 is 0 Å². The van der Waals surface area contributed by atoms with Crippen LogP contribution in [0.25, 0.3) is 0 Å². The summed E-state index contributed by atoms with van der Waals surface area (Å²) in [5.41, 5.74) is -1.04. The normalized spacial score (nSPS) is 44.3. The van der Waals surface area contributed by atoms with Crippen LogP contribution in [0.15, 0.2) is 35.0 Å². The molecule has 7 nitrogen and oxygen atoms in total. The molecule has 0 radical (unpaired) electrons. The third-order valence-corrected chi connectivity index (χ3v) is 6.24. The van der Waals surface area contributed by atoms with Gasteiger partial charge in [0.15, 0.2) is 0 Å². The fraction of sp³-hybridized carbons (Fsp3) is 0.500. The first kappa shape index (κ1) is 14.9. The van der Waals surface area contributed by atoms with Crippen LogP contribution in [0.1, 0.15) is 25.1 Å². The zero-order chi connectivity index (χ0) is 17.5. The fourth-order valence-electron chi connectivity index (χ4n) is 5.25. The van der Waals surface area contributed by atoms with E-state index in [1.807, 2.05) is 0 Å². The van der Waals surface area contributed by atoms with E-state index in [0.29, 0.717) is 5.76 Å². The summed E-state index contributed by atoms with van der Waals surface area (Å²) >= 11 is 0. The number of nitrogens with zero attached hydrogens (tertiary/aromatic N) is 1. The number of aliphatic carboxylic acids is 1. The minimum absolute atomic E-state index is 0.0321. The third-order valence-electron chi connectivity index (χ3n) is 6.24. The minimum Gasteiger partial charge on any atom is -0.481 e. The summed E-state index contributed by atoms with van der Waals surface area (Å²) in [5, 5.41) is 9.63. The maximum atomic E-state index is 13.3. The van der Waals surface area contributed by atoms with Gasteiger partial charge in [0.25, 0.3) is 0 Å². The van der Waals surface area contributed by atoms with Crippen molar-refractivity contribution < 1.29 is 28.6 Å². The zero-order valence-corrected chi connectivity index (χ0v) is 13.5. The van der Waals surface area contributed by atoms with Crippen molar-refractivity contribution in [2.24, 2.45) is 17.8 Å². The monoisotopic (exact) mass is 343 g/mol. The SMILES string of the molecule is C[C@H]1C(=O)C[C@H](c2ccco2)N2C(=O)[C@@H]3[C@@H](C(=O)O)[C@@H]4C=C[C@@]3(O4)[C@@H]12. The van der Waals surface area contributed by atoms with Gasteiger partial charge in [0, 0.05) is 12.3 Å². The topological polar surface area (TPSA) is 97.1 Å². The van der Waals surface area contributed by atoms with Gasteiger partial charge >= 0.3 is 5.97 Å². The molecule has 4 aliphatic rings. The molecule has 3 fully saturated rings. The van der Waals surface area contributed by atoms with Gasteiger partial charge in [0.05, 0.1) is 30.4 Å². The summed E-state index contributed by atoms with van der Waals surface area (Å²) in [5.74, 6) is -2.85. The molecule has 130 valence electrons. The Morgan fingerprint density at radius 1 is 1.40 bits per heavy atom. The fourth-order valence-corrected chi connectivity index (χ4v) is 5.25. The smallest absolute Gasteiger partial charge is 0.310 e. The van der Waals surface area contributed by atoms with E-state index in [1.165, 1.54) is 6.26 Å². The molecule has 4 aliphatic heterocycles. The van der Waals surface area contributed by atoms with Crippen molar-refractivity contribution in [2.45, 2.75) is 37.1 Å². The molecular formula is C18H17NO6. The summed E-state index contributed by atoms with van der Waals surface area (Å²) in [7, 11) is 0. The quantitative estimate of drug-likeness (QED) is 0.810. The Labute approximate surface area is 143 Å². The molecule has 7 atom stereocenters. The molecule has 5 heterocycles. The lowest BCUT2D eigenvalue weighted by atomic mass is 9.71. The van der Waals surface area contributed by atoms with E-state index >= 15 is 0 Å². The Bertz CT molecular complexity index is 814. The second kappa shape index (κ2) is 4.60. The lowest BCUT2D eigenvalue weighted by Crippen LogP contribution is -2.55. The molecule has 2 bridgehead atoms. The molecule has 1 aromatic rings. The molecule has 5 rings (SSSR count). The first-order valence-electron chi connectivity index (χ1n) is 8.44. The molecule has 25 heavy (non-hydrogen) atoms. The number of amides is 1. The Morgan fingerprint density at radius 2 is 2.20 bits per heavy atom. The number of piperidine rings is 1. The second-order valence-corrected chi connectivity index (χ2v) is 7.32. The van der Waals surface area contributed by atoms with Gasteiger partial charge in [-0.3, -0.25) is 14.4 Å². The van der Waals surface area contributed by atoms with Crippen LogP contribution >= 0.6 is 0 Å². The van der Waals surface area contributed by atoms with Crippen LogP contribution in [0.2, 0.25) is 0 Å². The number of carbonyl (C=O) groups is 3. The van der Waals surface area contributed by atoms with Crippen LogP contribution in [0.3, 0.4) is 0 Å². The first-order valence-corrected chi connectivity index (χ1v) is 8.44. The first-order chi connectivity index (χ1) is 12.0. The number of ether oxygens (including phenoxy) is 1. The Hall–Kier alpha value is -2.41. The van der Waals surface area contributed by atoms with Gasteiger partial charge in [-0.25, -0.2) is 0 Å². The third kappa shape index (κ3) is 1.62. The highest BCUT2D eigenvalue weighted by atomic mass is 16.5. The van der Waals surface area contributed by atoms with E-state index < -0.39 is 47.5 Å². The van der Waals surface area contributed by atoms with E-state index in [1.54, 1.807) is 36.1 Å². The molecule has 1 N–H and O–H groups in total. The number of hydrogen-bond donors (Lipinski definition) is 1. The average Bonchev–Trinajstić information content (AvgIpc) is 3.32. The number of furan rings is 1. The summed E-state index contributed by atoms with van der Waals surface area (Å²) in [4.78, 5) is 39.3. The van der Waals surface area contributed by atoms with Crippen LogP contribution in [-0.2, 0) is 19.1 Å².